The number of nitrogens with one attached hydrogen (secondary N) is 1. The number of alkyl halides is 2. The van der Waals surface area contributed by atoms with E-state index in [2.05, 4.69) is 19.7 Å². The maximum absolute atomic E-state index is 12.2. The van der Waals surface area contributed by atoms with Crippen LogP contribution in [0, 0.1) is 0 Å². The SMILES string of the molecule is Nc1ccc2[nH]c(-c3cccc(OC(F)F)c3)nc2n1. The lowest BCUT2D eigenvalue weighted by Gasteiger charge is -2.05. The molecule has 1 aromatic carbocycles. The summed E-state index contributed by atoms with van der Waals surface area (Å²) in [6.07, 6.45) is 0. The summed E-state index contributed by atoms with van der Waals surface area (Å²) in [6.45, 7) is -2.86. The molecule has 0 aliphatic carbocycles. The molecule has 0 aliphatic heterocycles. The lowest BCUT2D eigenvalue weighted by molar-refractivity contribution is -0.0498. The van der Waals surface area contributed by atoms with Crippen molar-refractivity contribution in [2.24, 2.45) is 0 Å². The molecule has 0 spiro atoms. The summed E-state index contributed by atoms with van der Waals surface area (Å²) in [5.74, 6) is 0.952. The van der Waals surface area contributed by atoms with Crippen molar-refractivity contribution in [1.82, 2.24) is 15.0 Å². The van der Waals surface area contributed by atoms with E-state index in [1.807, 2.05) is 0 Å². The van der Waals surface area contributed by atoms with Crippen molar-refractivity contribution in [2.45, 2.75) is 6.61 Å². The highest BCUT2D eigenvalue weighted by Gasteiger charge is 2.09. The molecule has 2 aromatic heterocycles. The first-order valence-corrected chi connectivity index (χ1v) is 5.79. The Balaban J connectivity index is 2.01. The fourth-order valence-corrected chi connectivity index (χ4v) is 1.86. The van der Waals surface area contributed by atoms with E-state index in [9.17, 15) is 8.78 Å². The summed E-state index contributed by atoms with van der Waals surface area (Å²) >= 11 is 0. The Morgan fingerprint density at radius 1 is 1.15 bits per heavy atom. The van der Waals surface area contributed by atoms with Crippen molar-refractivity contribution >= 4 is 17.0 Å². The number of aromatic amines is 1. The van der Waals surface area contributed by atoms with Gasteiger partial charge in [0.2, 0.25) is 0 Å². The highest BCUT2D eigenvalue weighted by molar-refractivity contribution is 5.77. The van der Waals surface area contributed by atoms with Crippen molar-refractivity contribution in [3.05, 3.63) is 36.4 Å². The van der Waals surface area contributed by atoms with Crippen LogP contribution in [-0.4, -0.2) is 21.6 Å². The van der Waals surface area contributed by atoms with E-state index in [1.54, 1.807) is 24.3 Å². The fourth-order valence-electron chi connectivity index (χ4n) is 1.86. The van der Waals surface area contributed by atoms with Gasteiger partial charge in [-0.3, -0.25) is 0 Å². The molecular formula is C13H10F2N4O. The van der Waals surface area contributed by atoms with Crippen molar-refractivity contribution in [2.75, 3.05) is 5.73 Å². The summed E-state index contributed by atoms with van der Waals surface area (Å²) in [4.78, 5) is 11.4. The van der Waals surface area contributed by atoms with Gasteiger partial charge < -0.3 is 15.5 Å². The molecule has 2 heterocycles. The number of H-pyrrole nitrogens is 1. The van der Waals surface area contributed by atoms with Crippen LogP contribution in [-0.2, 0) is 0 Å². The van der Waals surface area contributed by atoms with Gasteiger partial charge in [-0.25, -0.2) is 9.97 Å². The van der Waals surface area contributed by atoms with Gasteiger partial charge in [0.15, 0.2) is 5.65 Å². The largest absolute Gasteiger partial charge is 0.435 e. The minimum atomic E-state index is -2.86. The molecule has 0 bridgehead atoms. The number of fused-ring (bicyclic) bond motifs is 1. The van der Waals surface area contributed by atoms with Crippen LogP contribution in [0.5, 0.6) is 5.75 Å². The second kappa shape index (κ2) is 4.76. The minimum absolute atomic E-state index is 0.0745. The van der Waals surface area contributed by atoms with Gasteiger partial charge in [0.25, 0.3) is 0 Å². The van der Waals surface area contributed by atoms with Crippen LogP contribution < -0.4 is 10.5 Å². The maximum atomic E-state index is 12.2. The van der Waals surface area contributed by atoms with E-state index < -0.39 is 6.61 Å². The van der Waals surface area contributed by atoms with Gasteiger partial charge in [0, 0.05) is 5.56 Å². The molecule has 3 rings (SSSR count). The lowest BCUT2D eigenvalue weighted by Crippen LogP contribution is -2.01. The molecule has 0 atom stereocenters. The number of halogens is 2. The second-order valence-corrected chi connectivity index (χ2v) is 4.10. The van der Waals surface area contributed by atoms with Gasteiger partial charge in [0.1, 0.15) is 17.4 Å². The number of aromatic nitrogens is 3. The Morgan fingerprint density at radius 3 is 2.80 bits per heavy atom. The molecule has 0 radical (unpaired) electrons. The molecule has 0 saturated carbocycles. The van der Waals surface area contributed by atoms with Gasteiger partial charge in [-0.1, -0.05) is 12.1 Å². The van der Waals surface area contributed by atoms with Crippen LogP contribution >= 0.6 is 0 Å². The van der Waals surface area contributed by atoms with Crippen molar-refractivity contribution in [3.63, 3.8) is 0 Å². The molecule has 20 heavy (non-hydrogen) atoms. The van der Waals surface area contributed by atoms with Crippen LogP contribution in [0.25, 0.3) is 22.6 Å². The number of pyridine rings is 1. The third-order valence-electron chi connectivity index (χ3n) is 2.70. The quantitative estimate of drug-likeness (QED) is 0.771. The molecular weight excluding hydrogens is 266 g/mol. The number of rotatable bonds is 3. The summed E-state index contributed by atoms with van der Waals surface area (Å²) in [6, 6.07) is 9.69. The summed E-state index contributed by atoms with van der Waals surface area (Å²) < 4.78 is 28.8. The monoisotopic (exact) mass is 276 g/mol. The molecule has 102 valence electrons. The second-order valence-electron chi connectivity index (χ2n) is 4.10. The number of imidazole rings is 1. The number of nitrogen functional groups attached to an aromatic ring is 1. The molecule has 3 N–H and O–H groups in total. The number of anilines is 1. The third-order valence-corrected chi connectivity index (χ3v) is 2.70. The third kappa shape index (κ3) is 2.37. The Hall–Kier alpha value is -2.70. The smallest absolute Gasteiger partial charge is 0.387 e. The van der Waals surface area contributed by atoms with Crippen molar-refractivity contribution in [3.8, 4) is 17.1 Å². The van der Waals surface area contributed by atoms with Gasteiger partial charge >= 0.3 is 6.61 Å². The van der Waals surface area contributed by atoms with Crippen LogP contribution in [0.2, 0.25) is 0 Å². The Morgan fingerprint density at radius 2 is 2.00 bits per heavy atom. The zero-order valence-electron chi connectivity index (χ0n) is 10.2. The zero-order valence-corrected chi connectivity index (χ0v) is 10.2. The number of benzene rings is 1. The van der Waals surface area contributed by atoms with Gasteiger partial charge in [-0.05, 0) is 24.3 Å². The van der Waals surface area contributed by atoms with Gasteiger partial charge in [-0.15, -0.1) is 0 Å². The number of hydrogen-bond donors (Lipinski definition) is 2. The van der Waals surface area contributed by atoms with E-state index in [4.69, 9.17) is 5.73 Å². The van der Waals surface area contributed by atoms with Crippen molar-refractivity contribution in [1.29, 1.82) is 0 Å². The molecule has 0 fully saturated rings. The predicted octanol–water partition coefficient (Wildman–Crippen LogP) is 2.81. The Kier molecular flexibility index (Phi) is 2.94. The zero-order chi connectivity index (χ0) is 14.1. The van der Waals surface area contributed by atoms with Gasteiger partial charge in [0.05, 0.1) is 5.52 Å². The minimum Gasteiger partial charge on any atom is -0.435 e. The van der Waals surface area contributed by atoms with Crippen LogP contribution in [0.15, 0.2) is 36.4 Å². The van der Waals surface area contributed by atoms with E-state index in [0.717, 1.165) is 5.52 Å². The summed E-state index contributed by atoms with van der Waals surface area (Å²) in [5.41, 5.74) is 7.40. The van der Waals surface area contributed by atoms with E-state index in [1.165, 1.54) is 12.1 Å². The number of ether oxygens (including phenoxy) is 1. The lowest BCUT2D eigenvalue weighted by atomic mass is 10.2. The highest BCUT2D eigenvalue weighted by atomic mass is 19.3. The van der Waals surface area contributed by atoms with Crippen LogP contribution in [0.1, 0.15) is 0 Å². The van der Waals surface area contributed by atoms with Gasteiger partial charge in [-0.2, -0.15) is 8.78 Å². The fraction of sp³-hybridized carbons (Fsp3) is 0.0769. The molecule has 7 heteroatoms. The van der Waals surface area contributed by atoms with E-state index in [-0.39, 0.29) is 5.75 Å². The highest BCUT2D eigenvalue weighted by Crippen LogP contribution is 2.24. The maximum Gasteiger partial charge on any atom is 0.387 e. The normalized spacial score (nSPS) is 11.2. The van der Waals surface area contributed by atoms with E-state index >= 15 is 0 Å². The van der Waals surface area contributed by atoms with E-state index in [0.29, 0.717) is 22.9 Å². The number of nitrogens with zero attached hydrogens (tertiary/aromatic N) is 2. The molecule has 5 nitrogen and oxygen atoms in total. The predicted molar refractivity (Wildman–Crippen MR) is 70.4 cm³/mol. The number of nitrogens with two attached hydrogens (primary N) is 1. The van der Waals surface area contributed by atoms with Crippen molar-refractivity contribution < 1.29 is 13.5 Å². The first-order chi connectivity index (χ1) is 9.61. The molecule has 0 unspecified atom stereocenters. The standard InChI is InChI=1S/C13H10F2N4O/c14-13(15)20-8-3-1-2-7(6-8)11-17-9-4-5-10(16)18-12(9)19-11/h1-6,13H,(H3,16,17,18,19). The topological polar surface area (TPSA) is 76.8 Å². The summed E-state index contributed by atoms with van der Waals surface area (Å²) in [5, 5.41) is 0. The number of hydrogen-bond acceptors (Lipinski definition) is 4. The Labute approximate surface area is 112 Å². The van der Waals surface area contributed by atoms with Crippen LogP contribution in [0.4, 0.5) is 14.6 Å². The molecule has 0 aliphatic rings. The average Bonchev–Trinajstić information content (AvgIpc) is 2.81. The molecule has 0 saturated heterocycles. The average molecular weight is 276 g/mol. The summed E-state index contributed by atoms with van der Waals surface area (Å²) in [7, 11) is 0. The molecule has 0 amide bonds. The Bertz CT molecular complexity index is 757. The first-order valence-electron chi connectivity index (χ1n) is 5.79. The first kappa shape index (κ1) is 12.3. The molecule has 3 aromatic rings. The van der Waals surface area contributed by atoms with Crippen LogP contribution in [0.3, 0.4) is 0 Å².